The molecule has 1 aromatic carbocycles. The molecule has 0 saturated carbocycles. The van der Waals surface area contributed by atoms with Gasteiger partial charge in [-0.05, 0) is 30.5 Å². The van der Waals surface area contributed by atoms with E-state index in [0.29, 0.717) is 24.8 Å². The smallest absolute Gasteiger partial charge is 0.363 e. The summed E-state index contributed by atoms with van der Waals surface area (Å²) >= 11 is 0. The van der Waals surface area contributed by atoms with E-state index >= 15 is 0 Å². The maximum atomic E-state index is 14.6. The van der Waals surface area contributed by atoms with Crippen LogP contribution in [0.3, 0.4) is 0 Å². The molecule has 3 unspecified atom stereocenters. The molecule has 2 N–H and O–H groups in total. The second-order valence-corrected chi connectivity index (χ2v) is 8.02. The van der Waals surface area contributed by atoms with Crippen LogP contribution < -0.4 is 5.32 Å². The van der Waals surface area contributed by atoms with E-state index in [2.05, 4.69) is 10.3 Å². The van der Waals surface area contributed by atoms with E-state index in [-0.39, 0.29) is 23.7 Å². The topological polar surface area (TPSA) is 83.7 Å². The van der Waals surface area contributed by atoms with Gasteiger partial charge in [0.25, 0.3) is 5.91 Å². The normalized spacial score (nSPS) is 23.8. The Morgan fingerprint density at radius 3 is 3.06 bits per heavy atom. The molecule has 1 amide bonds. The molecule has 1 aromatic heterocycles. The van der Waals surface area contributed by atoms with Gasteiger partial charge in [-0.2, -0.15) is 4.58 Å². The Labute approximate surface area is 180 Å². The summed E-state index contributed by atoms with van der Waals surface area (Å²) < 4.78 is 27.1. The number of aromatic nitrogens is 1. The Morgan fingerprint density at radius 2 is 2.29 bits per heavy atom. The van der Waals surface area contributed by atoms with Crippen LogP contribution in [0.1, 0.15) is 28.9 Å². The molecule has 2 aliphatic rings. The lowest BCUT2D eigenvalue weighted by Crippen LogP contribution is -2.48. The summed E-state index contributed by atoms with van der Waals surface area (Å²) in [6.45, 7) is 0.643. The zero-order chi connectivity index (χ0) is 22.0. The Hall–Kier alpha value is -2.84. The number of allylic oxidation sites excluding steroid dienone is 1. The molecule has 3 atom stereocenters. The number of methoxy groups -OCH3 is 1. The second-order valence-electron chi connectivity index (χ2n) is 8.02. The molecule has 1 fully saturated rings. The molecule has 0 aliphatic carbocycles. The average molecular weight is 428 g/mol. The van der Waals surface area contributed by atoms with Crippen LogP contribution in [0.2, 0.25) is 0 Å². The average Bonchev–Trinajstić information content (AvgIpc) is 2.77. The van der Waals surface area contributed by atoms with E-state index in [0.717, 1.165) is 17.9 Å². The fourth-order valence-corrected chi connectivity index (χ4v) is 4.11. The molecule has 4 rings (SSSR count). The largest absolute Gasteiger partial charge is 0.448 e. The summed E-state index contributed by atoms with van der Waals surface area (Å²) in [6.07, 6.45) is 5.24. The van der Waals surface area contributed by atoms with E-state index in [1.54, 1.807) is 19.2 Å². The molecule has 8 heteroatoms. The van der Waals surface area contributed by atoms with Crippen molar-refractivity contribution in [2.24, 2.45) is 5.92 Å². The van der Waals surface area contributed by atoms with E-state index in [9.17, 15) is 14.3 Å². The third-order valence-corrected chi connectivity index (χ3v) is 5.85. The Kier molecular flexibility index (Phi) is 6.29. The number of para-hydroxylation sites is 1. The Morgan fingerprint density at radius 1 is 1.45 bits per heavy atom. The number of halogens is 1. The Bertz CT molecular complexity index is 1050. The highest BCUT2D eigenvalue weighted by Gasteiger charge is 2.27. The summed E-state index contributed by atoms with van der Waals surface area (Å²) in [5.74, 6) is 0.00323. The summed E-state index contributed by atoms with van der Waals surface area (Å²) in [5.41, 5.74) is 1.15. The molecule has 3 heterocycles. The second kappa shape index (κ2) is 9.11. The third kappa shape index (κ3) is 4.60. The molecular formula is C23H27FN3O4+. The number of ether oxygens (including phenoxy) is 2. The van der Waals surface area contributed by atoms with Crippen LogP contribution in [0, 0.1) is 11.7 Å². The van der Waals surface area contributed by atoms with E-state index < -0.39 is 23.9 Å². The van der Waals surface area contributed by atoms with Gasteiger partial charge in [0.05, 0.1) is 25.9 Å². The standard InChI is InChI=1S/C23H26FN3O4/c1-27-8-6-14(11-21(27)30-2)10-15-12-19(25-22-16(15)4-3-5-17(22)24)23(29)26-18-7-9-31-13-20(18)28/h3-5,8,11-12,14,18,20,28H,6-7,9-10,13H2,1-2H3/p+1. The zero-order valence-corrected chi connectivity index (χ0v) is 17.7. The number of benzene rings is 1. The van der Waals surface area contributed by atoms with Gasteiger partial charge in [0.1, 0.15) is 30.3 Å². The van der Waals surface area contributed by atoms with Crippen LogP contribution in [0.15, 0.2) is 36.2 Å². The lowest BCUT2D eigenvalue weighted by atomic mass is 9.92. The number of hydrogen-bond donors (Lipinski definition) is 2. The van der Waals surface area contributed by atoms with Crippen LogP contribution in [-0.2, 0) is 15.9 Å². The molecule has 2 aliphatic heterocycles. The van der Waals surface area contributed by atoms with Gasteiger partial charge >= 0.3 is 5.88 Å². The first-order valence-corrected chi connectivity index (χ1v) is 10.4. The highest BCUT2D eigenvalue weighted by molar-refractivity contribution is 5.96. The van der Waals surface area contributed by atoms with Crippen molar-refractivity contribution in [1.29, 1.82) is 0 Å². The van der Waals surface area contributed by atoms with Gasteiger partial charge in [-0.3, -0.25) is 4.79 Å². The first-order chi connectivity index (χ1) is 15.0. The maximum Gasteiger partial charge on any atom is 0.363 e. The lowest BCUT2D eigenvalue weighted by Gasteiger charge is -2.28. The number of fused-ring (bicyclic) bond motifs is 1. The molecular weight excluding hydrogens is 401 g/mol. The van der Waals surface area contributed by atoms with Crippen molar-refractivity contribution in [3.05, 3.63) is 53.3 Å². The SMILES string of the molecule is COC1=CC(Cc2cc(C(=O)NC3CCOCC3O)nc3c(F)cccc23)CC=[N+]1C. The number of aliphatic hydroxyl groups excluding tert-OH is 1. The predicted octanol–water partition coefficient (Wildman–Crippen LogP) is 2.02. The number of nitrogens with one attached hydrogen (secondary N) is 1. The molecule has 31 heavy (non-hydrogen) atoms. The number of nitrogens with zero attached hydrogens (tertiary/aromatic N) is 2. The molecule has 0 spiro atoms. The van der Waals surface area contributed by atoms with Crippen LogP contribution in [0.4, 0.5) is 4.39 Å². The van der Waals surface area contributed by atoms with Gasteiger partial charge in [0, 0.05) is 30.4 Å². The van der Waals surface area contributed by atoms with Crippen molar-refractivity contribution >= 4 is 23.0 Å². The van der Waals surface area contributed by atoms with Gasteiger partial charge in [0.2, 0.25) is 0 Å². The minimum Gasteiger partial charge on any atom is -0.448 e. The third-order valence-electron chi connectivity index (χ3n) is 5.85. The molecule has 1 saturated heterocycles. The summed E-state index contributed by atoms with van der Waals surface area (Å²) in [6, 6.07) is 6.12. The number of carbonyl (C=O) groups is 1. The summed E-state index contributed by atoms with van der Waals surface area (Å²) in [4.78, 5) is 17.2. The van der Waals surface area contributed by atoms with Crippen molar-refractivity contribution in [3.8, 4) is 0 Å². The molecule has 7 nitrogen and oxygen atoms in total. The van der Waals surface area contributed by atoms with Gasteiger partial charge < -0.3 is 19.9 Å². The predicted molar refractivity (Wildman–Crippen MR) is 114 cm³/mol. The quantitative estimate of drug-likeness (QED) is 0.712. The van der Waals surface area contributed by atoms with Crippen molar-refractivity contribution in [3.63, 3.8) is 0 Å². The van der Waals surface area contributed by atoms with Crippen LogP contribution in [0.5, 0.6) is 0 Å². The first kappa shape index (κ1) is 21.4. The lowest BCUT2D eigenvalue weighted by molar-refractivity contribution is -0.477. The van der Waals surface area contributed by atoms with E-state index in [4.69, 9.17) is 9.47 Å². The number of rotatable bonds is 5. The van der Waals surface area contributed by atoms with Crippen LogP contribution in [0.25, 0.3) is 10.9 Å². The van der Waals surface area contributed by atoms with Crippen molar-refractivity contribution in [2.45, 2.75) is 31.4 Å². The number of aliphatic hydroxyl groups is 1. The number of pyridine rings is 1. The minimum absolute atomic E-state index is 0.138. The molecule has 0 bridgehead atoms. The van der Waals surface area contributed by atoms with Gasteiger partial charge in [0.15, 0.2) is 0 Å². The maximum absolute atomic E-state index is 14.6. The molecule has 2 aromatic rings. The summed E-state index contributed by atoms with van der Waals surface area (Å²) in [5, 5.41) is 13.6. The molecule has 164 valence electrons. The molecule has 0 radical (unpaired) electrons. The van der Waals surface area contributed by atoms with E-state index in [1.165, 1.54) is 6.07 Å². The highest BCUT2D eigenvalue weighted by atomic mass is 19.1. The Balaban J connectivity index is 1.66. The van der Waals surface area contributed by atoms with Crippen LogP contribution >= 0.6 is 0 Å². The minimum atomic E-state index is -0.776. The highest BCUT2D eigenvalue weighted by Crippen LogP contribution is 2.26. The van der Waals surface area contributed by atoms with Gasteiger partial charge in [-0.25, -0.2) is 9.37 Å². The van der Waals surface area contributed by atoms with Crippen molar-refractivity contribution in [1.82, 2.24) is 10.3 Å². The number of amides is 1. The van der Waals surface area contributed by atoms with Crippen LogP contribution in [-0.4, -0.2) is 66.3 Å². The fraction of sp³-hybridized carbons (Fsp3) is 0.435. The summed E-state index contributed by atoms with van der Waals surface area (Å²) in [7, 11) is 3.55. The van der Waals surface area contributed by atoms with E-state index in [1.807, 2.05) is 30.0 Å². The first-order valence-electron chi connectivity index (χ1n) is 10.4. The fourth-order valence-electron chi connectivity index (χ4n) is 4.11. The number of carbonyl (C=O) groups excluding carboxylic acids is 1. The monoisotopic (exact) mass is 428 g/mol. The zero-order valence-electron chi connectivity index (χ0n) is 17.7. The van der Waals surface area contributed by atoms with Gasteiger partial charge in [-0.15, -0.1) is 0 Å². The number of hydrogen-bond acceptors (Lipinski definition) is 5. The van der Waals surface area contributed by atoms with Gasteiger partial charge in [-0.1, -0.05) is 12.1 Å². The van der Waals surface area contributed by atoms with Crippen molar-refractivity contribution in [2.75, 3.05) is 27.4 Å². The van der Waals surface area contributed by atoms with Crippen molar-refractivity contribution < 1.29 is 28.3 Å².